The predicted octanol–water partition coefficient (Wildman–Crippen LogP) is 7.89. The fourth-order valence-corrected chi connectivity index (χ4v) is 6.45. The largest absolute Gasteiger partial charge is 0.298 e. The van der Waals surface area contributed by atoms with Gasteiger partial charge in [0.2, 0.25) is 0 Å². The molecule has 3 aromatic heterocycles. The molecule has 0 aliphatic heterocycles. The molecule has 5 aromatic rings. The van der Waals surface area contributed by atoms with Gasteiger partial charge < -0.3 is 0 Å². The maximum Gasteiger partial charge on any atom is 0.192 e. The van der Waals surface area contributed by atoms with Crippen LogP contribution in [0.1, 0.15) is 16.1 Å². The van der Waals surface area contributed by atoms with Crippen molar-refractivity contribution in [3.63, 3.8) is 0 Å². The Bertz CT molecular complexity index is 1410. The van der Waals surface area contributed by atoms with E-state index in [-0.39, 0.29) is 0 Å². The van der Waals surface area contributed by atoms with Crippen molar-refractivity contribution in [2.75, 3.05) is 0 Å². The molecular formula is C27H24N4S3. The fourth-order valence-electron chi connectivity index (χ4n) is 3.81. The maximum absolute atomic E-state index is 4.82. The molecule has 4 nitrogen and oxygen atoms in total. The van der Waals surface area contributed by atoms with Gasteiger partial charge in [0.1, 0.15) is 5.01 Å². The van der Waals surface area contributed by atoms with Gasteiger partial charge in [0, 0.05) is 44.6 Å². The first-order valence-electron chi connectivity index (χ1n) is 11.0. The topological polar surface area (TPSA) is 43.6 Å². The molecule has 0 spiro atoms. The van der Waals surface area contributed by atoms with E-state index < -0.39 is 0 Å². The Balaban J connectivity index is 1.43. The molecule has 0 atom stereocenters. The van der Waals surface area contributed by atoms with Crippen LogP contribution in [0.25, 0.3) is 33.1 Å². The Labute approximate surface area is 212 Å². The van der Waals surface area contributed by atoms with Gasteiger partial charge in [-0.1, -0.05) is 78.0 Å². The van der Waals surface area contributed by atoms with Crippen LogP contribution in [0.3, 0.4) is 0 Å². The minimum Gasteiger partial charge on any atom is -0.298 e. The first-order chi connectivity index (χ1) is 16.6. The van der Waals surface area contributed by atoms with Crippen LogP contribution in [0.4, 0.5) is 0 Å². The van der Waals surface area contributed by atoms with Gasteiger partial charge in [-0.2, -0.15) is 0 Å². The third kappa shape index (κ3) is 4.64. The molecule has 7 heteroatoms. The van der Waals surface area contributed by atoms with Crippen molar-refractivity contribution in [3.05, 3.63) is 94.1 Å². The normalized spacial score (nSPS) is 11.1. The monoisotopic (exact) mass is 500 g/mol. The summed E-state index contributed by atoms with van der Waals surface area (Å²) in [5.41, 5.74) is 7.01. The summed E-state index contributed by atoms with van der Waals surface area (Å²) in [4.78, 5) is 6.10. The Kier molecular flexibility index (Phi) is 6.76. The van der Waals surface area contributed by atoms with E-state index in [9.17, 15) is 0 Å². The third-order valence-corrected chi connectivity index (χ3v) is 8.36. The number of benzene rings is 2. The molecule has 170 valence electrons. The number of nitrogens with zero attached hydrogens (tertiary/aromatic N) is 4. The summed E-state index contributed by atoms with van der Waals surface area (Å²) in [6.45, 7) is 8.90. The lowest BCUT2D eigenvalue weighted by Crippen LogP contribution is -2.01. The lowest BCUT2D eigenvalue weighted by Gasteiger charge is -2.10. The van der Waals surface area contributed by atoms with Crippen molar-refractivity contribution < 1.29 is 0 Å². The third-order valence-electron chi connectivity index (χ3n) is 5.51. The van der Waals surface area contributed by atoms with E-state index in [0.717, 1.165) is 38.6 Å². The number of thiazole rings is 1. The molecule has 3 heterocycles. The van der Waals surface area contributed by atoms with E-state index in [4.69, 9.17) is 4.98 Å². The van der Waals surface area contributed by atoms with E-state index >= 15 is 0 Å². The maximum atomic E-state index is 4.82. The van der Waals surface area contributed by atoms with Crippen molar-refractivity contribution in [2.24, 2.45) is 0 Å². The van der Waals surface area contributed by atoms with Crippen molar-refractivity contribution in [3.8, 4) is 33.1 Å². The van der Waals surface area contributed by atoms with Gasteiger partial charge in [-0.15, -0.1) is 39.4 Å². The number of thiophene rings is 1. The molecule has 0 saturated carbocycles. The molecule has 5 rings (SSSR count). The molecule has 0 aliphatic rings. The molecule has 0 aliphatic carbocycles. The Morgan fingerprint density at radius 2 is 1.74 bits per heavy atom. The summed E-state index contributed by atoms with van der Waals surface area (Å²) in [5.74, 6) is 1.62. The minimum absolute atomic E-state index is 0.652. The van der Waals surface area contributed by atoms with Gasteiger partial charge in [0.05, 0.1) is 5.69 Å². The lowest BCUT2D eigenvalue weighted by molar-refractivity contribution is 0.731. The summed E-state index contributed by atoms with van der Waals surface area (Å²) >= 11 is 5.09. The number of aromatic nitrogens is 4. The highest BCUT2D eigenvalue weighted by molar-refractivity contribution is 7.98. The zero-order valence-corrected chi connectivity index (χ0v) is 21.5. The van der Waals surface area contributed by atoms with Crippen LogP contribution in [0.2, 0.25) is 0 Å². The molecule has 0 radical (unpaired) electrons. The average Bonchev–Trinajstić information content (AvgIpc) is 3.58. The van der Waals surface area contributed by atoms with Crippen LogP contribution in [-0.2, 0) is 12.3 Å². The average molecular weight is 501 g/mol. The summed E-state index contributed by atoms with van der Waals surface area (Å²) in [7, 11) is 0. The highest BCUT2D eigenvalue weighted by atomic mass is 32.2. The van der Waals surface area contributed by atoms with Crippen molar-refractivity contribution in [1.29, 1.82) is 0 Å². The molecule has 0 bridgehead atoms. The van der Waals surface area contributed by atoms with Crippen LogP contribution >= 0.6 is 34.4 Å². The number of hydrogen-bond acceptors (Lipinski definition) is 6. The number of allylic oxidation sites excluding steroid dienone is 1. The van der Waals surface area contributed by atoms with Crippen LogP contribution < -0.4 is 0 Å². The SMILES string of the molecule is C=CCn1c(SCc2csc(-c3ccccc3)n2)nnc1-c1csc(C)c1-c1ccc(C)cc1. The Morgan fingerprint density at radius 1 is 0.941 bits per heavy atom. The fraction of sp³-hybridized carbons (Fsp3) is 0.148. The number of thioether (sulfide) groups is 1. The summed E-state index contributed by atoms with van der Waals surface area (Å²) in [6, 6.07) is 19.0. The second kappa shape index (κ2) is 10.1. The van der Waals surface area contributed by atoms with Crippen LogP contribution in [0, 0.1) is 13.8 Å². The second-order valence-electron chi connectivity index (χ2n) is 7.95. The van der Waals surface area contributed by atoms with Gasteiger partial charge in [-0.05, 0) is 19.4 Å². The van der Waals surface area contributed by atoms with Crippen LogP contribution in [0.15, 0.2) is 83.2 Å². The lowest BCUT2D eigenvalue weighted by atomic mass is 10.0. The van der Waals surface area contributed by atoms with Gasteiger partial charge in [-0.3, -0.25) is 4.57 Å². The number of rotatable bonds is 8. The molecule has 0 saturated heterocycles. The van der Waals surface area contributed by atoms with E-state index in [0.29, 0.717) is 6.54 Å². The van der Waals surface area contributed by atoms with E-state index in [2.05, 4.69) is 82.3 Å². The smallest absolute Gasteiger partial charge is 0.192 e. The molecule has 0 fully saturated rings. The van der Waals surface area contributed by atoms with E-state index in [1.54, 1.807) is 34.4 Å². The van der Waals surface area contributed by atoms with Gasteiger partial charge in [0.25, 0.3) is 0 Å². The quantitative estimate of drug-likeness (QED) is 0.160. The Morgan fingerprint density at radius 3 is 2.50 bits per heavy atom. The van der Waals surface area contributed by atoms with Crippen LogP contribution in [-0.4, -0.2) is 19.7 Å². The highest BCUT2D eigenvalue weighted by Gasteiger charge is 2.20. The zero-order chi connectivity index (χ0) is 23.5. The van der Waals surface area contributed by atoms with Crippen molar-refractivity contribution in [1.82, 2.24) is 19.7 Å². The molecule has 34 heavy (non-hydrogen) atoms. The molecule has 0 N–H and O–H groups in total. The van der Waals surface area contributed by atoms with Crippen molar-refractivity contribution >= 4 is 34.4 Å². The molecular weight excluding hydrogens is 477 g/mol. The predicted molar refractivity (Wildman–Crippen MR) is 146 cm³/mol. The summed E-state index contributed by atoms with van der Waals surface area (Å²) in [5, 5.41) is 15.4. The molecule has 0 unspecified atom stereocenters. The first kappa shape index (κ1) is 22.8. The van der Waals surface area contributed by atoms with Gasteiger partial charge in [-0.25, -0.2) is 4.98 Å². The van der Waals surface area contributed by atoms with Gasteiger partial charge >= 0.3 is 0 Å². The Hall–Kier alpha value is -3.00. The molecule has 2 aromatic carbocycles. The standard InChI is InChI=1S/C27H24N4S3/c1-4-14-31-25(23-17-32-19(3)24(23)20-12-10-18(2)11-13-20)29-30-27(31)34-16-22-15-33-26(28-22)21-8-6-5-7-9-21/h4-13,15,17H,1,14,16H2,2-3H3. The highest BCUT2D eigenvalue weighted by Crippen LogP contribution is 2.39. The second-order valence-corrected chi connectivity index (χ2v) is 10.8. The summed E-state index contributed by atoms with van der Waals surface area (Å²) < 4.78 is 2.15. The zero-order valence-electron chi connectivity index (χ0n) is 19.1. The minimum atomic E-state index is 0.652. The van der Waals surface area contributed by atoms with Crippen molar-refractivity contribution in [2.45, 2.75) is 31.3 Å². The van der Waals surface area contributed by atoms with E-state index in [1.807, 2.05) is 24.3 Å². The van der Waals surface area contributed by atoms with Gasteiger partial charge in [0.15, 0.2) is 11.0 Å². The first-order valence-corrected chi connectivity index (χ1v) is 13.7. The van der Waals surface area contributed by atoms with E-state index in [1.165, 1.54) is 21.6 Å². The molecule has 0 amide bonds. The summed E-state index contributed by atoms with van der Waals surface area (Å²) in [6.07, 6.45) is 1.90. The number of aryl methyl sites for hydroxylation is 2. The number of hydrogen-bond donors (Lipinski definition) is 0. The van der Waals surface area contributed by atoms with Crippen LogP contribution in [0.5, 0.6) is 0 Å².